The van der Waals surface area contributed by atoms with Gasteiger partial charge in [0, 0.05) is 0 Å². The van der Waals surface area contributed by atoms with E-state index in [1.165, 1.54) is 32.6 Å². The molecule has 2 aromatic carbocycles. The van der Waals surface area contributed by atoms with Crippen LogP contribution in [0.1, 0.15) is 15.9 Å². The zero-order valence-corrected chi connectivity index (χ0v) is 16.6. The molecule has 0 spiro atoms. The Morgan fingerprint density at radius 2 is 1.77 bits per heavy atom. The lowest BCUT2D eigenvalue weighted by molar-refractivity contribution is 0.0730. The van der Waals surface area contributed by atoms with Crippen molar-refractivity contribution in [3.63, 3.8) is 0 Å². The summed E-state index contributed by atoms with van der Waals surface area (Å²) >= 11 is 0. The Balaban J connectivity index is 1.83. The minimum atomic E-state index is -0.747. The van der Waals surface area contributed by atoms with Crippen molar-refractivity contribution in [1.82, 2.24) is 0 Å². The highest BCUT2D eigenvalue weighted by Crippen LogP contribution is 2.33. The van der Waals surface area contributed by atoms with Gasteiger partial charge in [-0.05, 0) is 49.4 Å². The third kappa shape index (κ3) is 3.41. The number of ether oxygens (including phenoxy) is 3. The Kier molecular flexibility index (Phi) is 5.02. The number of furan rings is 1. The first-order valence-corrected chi connectivity index (χ1v) is 9.07. The second-order valence-electron chi connectivity index (χ2n) is 6.53. The van der Waals surface area contributed by atoms with Crippen molar-refractivity contribution >= 4 is 16.9 Å². The van der Waals surface area contributed by atoms with Gasteiger partial charge in [0.15, 0.2) is 17.3 Å². The Hall–Kier alpha value is -4.00. The fourth-order valence-electron chi connectivity index (χ4n) is 3.07. The van der Waals surface area contributed by atoms with Gasteiger partial charge >= 0.3 is 5.97 Å². The number of esters is 1. The molecule has 2 heterocycles. The monoisotopic (exact) mass is 406 g/mol. The van der Waals surface area contributed by atoms with Crippen LogP contribution in [0.4, 0.5) is 0 Å². The molecule has 0 saturated heterocycles. The summed E-state index contributed by atoms with van der Waals surface area (Å²) in [7, 11) is 2.95. The van der Waals surface area contributed by atoms with E-state index in [9.17, 15) is 9.59 Å². The summed E-state index contributed by atoms with van der Waals surface area (Å²) in [5, 5.41) is 0.306. The predicted molar refractivity (Wildman–Crippen MR) is 109 cm³/mol. The molecule has 4 rings (SSSR count). The standard InChI is InChI=1S/C23H18O7/c1-13-6-8-16-15(11-13)20(24)22(21(29-16)18-5-4-10-28-18)30-23(25)14-7-9-17(26-2)19(12-14)27-3/h4-12H,1-3H3. The lowest BCUT2D eigenvalue weighted by atomic mass is 10.1. The van der Waals surface area contributed by atoms with Crippen LogP contribution in [0.25, 0.3) is 22.5 Å². The lowest BCUT2D eigenvalue weighted by Crippen LogP contribution is -2.16. The van der Waals surface area contributed by atoms with Crippen LogP contribution in [0.15, 0.2) is 68.4 Å². The molecule has 0 N–H and O–H groups in total. The molecule has 0 aliphatic heterocycles. The van der Waals surface area contributed by atoms with Crippen molar-refractivity contribution < 1.29 is 27.8 Å². The van der Waals surface area contributed by atoms with Crippen molar-refractivity contribution in [3.8, 4) is 28.8 Å². The summed E-state index contributed by atoms with van der Waals surface area (Å²) in [5.74, 6) is 0.135. The number of rotatable bonds is 5. The van der Waals surface area contributed by atoms with E-state index in [0.717, 1.165) is 5.56 Å². The number of hydrogen-bond acceptors (Lipinski definition) is 7. The van der Waals surface area contributed by atoms with Gasteiger partial charge in [-0.2, -0.15) is 0 Å². The maximum absolute atomic E-state index is 13.2. The van der Waals surface area contributed by atoms with Gasteiger partial charge in [-0.25, -0.2) is 4.79 Å². The minimum absolute atomic E-state index is 0.0372. The summed E-state index contributed by atoms with van der Waals surface area (Å²) in [4.78, 5) is 26.0. The van der Waals surface area contributed by atoms with E-state index in [1.807, 2.05) is 13.0 Å². The SMILES string of the molecule is COc1ccc(C(=O)Oc2c(-c3ccco3)oc3ccc(C)cc3c2=O)cc1OC. The molecule has 7 heteroatoms. The molecule has 2 aromatic heterocycles. The van der Waals surface area contributed by atoms with E-state index in [-0.39, 0.29) is 22.8 Å². The van der Waals surface area contributed by atoms with Crippen LogP contribution in [0.3, 0.4) is 0 Å². The second-order valence-corrected chi connectivity index (χ2v) is 6.53. The van der Waals surface area contributed by atoms with E-state index >= 15 is 0 Å². The van der Waals surface area contributed by atoms with Gasteiger partial charge in [-0.1, -0.05) is 11.6 Å². The maximum Gasteiger partial charge on any atom is 0.343 e. The number of aryl methyl sites for hydroxylation is 1. The molecule has 0 atom stereocenters. The zero-order valence-electron chi connectivity index (χ0n) is 16.6. The molecule has 4 aromatic rings. The topological polar surface area (TPSA) is 88.1 Å². The Morgan fingerprint density at radius 1 is 0.967 bits per heavy atom. The summed E-state index contributed by atoms with van der Waals surface area (Å²) < 4.78 is 27.2. The van der Waals surface area contributed by atoms with E-state index in [4.69, 9.17) is 23.0 Å². The van der Waals surface area contributed by atoms with Crippen LogP contribution in [0, 0.1) is 6.92 Å². The number of carbonyl (C=O) groups is 1. The summed E-state index contributed by atoms with van der Waals surface area (Å²) in [6, 6.07) is 13.0. The van der Waals surface area contributed by atoms with Crippen LogP contribution in [-0.2, 0) is 0 Å². The molecule has 0 fully saturated rings. The molecule has 0 aliphatic carbocycles. The molecule has 0 saturated carbocycles. The number of benzene rings is 2. The van der Waals surface area contributed by atoms with Crippen molar-refractivity contribution in [2.24, 2.45) is 0 Å². The first kappa shape index (κ1) is 19.3. The molecule has 30 heavy (non-hydrogen) atoms. The Bertz CT molecular complexity index is 1280. The largest absolute Gasteiger partial charge is 0.493 e. The molecule has 0 amide bonds. The molecule has 0 aliphatic rings. The Morgan fingerprint density at radius 3 is 2.47 bits per heavy atom. The fourth-order valence-corrected chi connectivity index (χ4v) is 3.07. The highest BCUT2D eigenvalue weighted by atomic mass is 16.5. The fraction of sp³-hybridized carbons (Fsp3) is 0.130. The first-order chi connectivity index (χ1) is 14.5. The predicted octanol–water partition coefficient (Wildman–Crippen LogP) is 4.60. The third-order valence-electron chi connectivity index (χ3n) is 4.56. The van der Waals surface area contributed by atoms with Crippen molar-refractivity contribution in [1.29, 1.82) is 0 Å². The number of fused-ring (bicyclic) bond motifs is 1. The summed E-state index contributed by atoms with van der Waals surface area (Å²) in [5.41, 5.74) is 0.947. The number of methoxy groups -OCH3 is 2. The van der Waals surface area contributed by atoms with E-state index in [2.05, 4.69) is 0 Å². The van der Waals surface area contributed by atoms with Gasteiger partial charge in [0.05, 0.1) is 31.4 Å². The van der Waals surface area contributed by atoms with Gasteiger partial charge in [-0.3, -0.25) is 4.79 Å². The average molecular weight is 406 g/mol. The number of carbonyl (C=O) groups excluding carboxylic acids is 1. The van der Waals surface area contributed by atoms with Crippen LogP contribution < -0.4 is 19.6 Å². The maximum atomic E-state index is 13.2. The zero-order chi connectivity index (χ0) is 21.3. The second kappa shape index (κ2) is 7.79. The Labute approximate surface area is 171 Å². The van der Waals surface area contributed by atoms with Crippen LogP contribution >= 0.6 is 0 Å². The molecule has 7 nitrogen and oxygen atoms in total. The van der Waals surface area contributed by atoms with Gasteiger partial charge in [-0.15, -0.1) is 0 Å². The van der Waals surface area contributed by atoms with Crippen LogP contribution in [0.5, 0.6) is 17.2 Å². The highest BCUT2D eigenvalue weighted by molar-refractivity contribution is 5.93. The van der Waals surface area contributed by atoms with Crippen molar-refractivity contribution in [2.75, 3.05) is 14.2 Å². The summed E-state index contributed by atoms with van der Waals surface area (Å²) in [6.07, 6.45) is 1.44. The third-order valence-corrected chi connectivity index (χ3v) is 4.56. The normalized spacial score (nSPS) is 10.8. The van der Waals surface area contributed by atoms with Crippen molar-refractivity contribution in [2.45, 2.75) is 6.92 Å². The molecule has 0 unspecified atom stereocenters. The van der Waals surface area contributed by atoms with Crippen molar-refractivity contribution in [3.05, 3.63) is 76.1 Å². The van der Waals surface area contributed by atoms with Gasteiger partial charge in [0.25, 0.3) is 0 Å². The average Bonchev–Trinajstić information content (AvgIpc) is 3.30. The van der Waals surface area contributed by atoms with Crippen LogP contribution in [0.2, 0.25) is 0 Å². The minimum Gasteiger partial charge on any atom is -0.493 e. The molecule has 0 radical (unpaired) electrons. The first-order valence-electron chi connectivity index (χ1n) is 9.07. The van der Waals surface area contributed by atoms with Gasteiger partial charge in [0.2, 0.25) is 16.9 Å². The van der Waals surface area contributed by atoms with Gasteiger partial charge in [0.1, 0.15) is 5.58 Å². The van der Waals surface area contributed by atoms with E-state index in [1.54, 1.807) is 30.3 Å². The smallest absolute Gasteiger partial charge is 0.343 e. The molecular formula is C23H18O7. The van der Waals surface area contributed by atoms with Gasteiger partial charge < -0.3 is 23.0 Å². The lowest BCUT2D eigenvalue weighted by Gasteiger charge is -2.11. The number of hydrogen-bond donors (Lipinski definition) is 0. The quantitative estimate of drug-likeness (QED) is 0.448. The highest BCUT2D eigenvalue weighted by Gasteiger charge is 2.23. The van der Waals surface area contributed by atoms with Crippen LogP contribution in [-0.4, -0.2) is 20.2 Å². The van der Waals surface area contributed by atoms with E-state index < -0.39 is 11.4 Å². The molecular weight excluding hydrogens is 388 g/mol. The van der Waals surface area contributed by atoms with E-state index in [0.29, 0.717) is 22.5 Å². The molecule has 0 bridgehead atoms. The molecule has 152 valence electrons. The summed E-state index contributed by atoms with van der Waals surface area (Å²) in [6.45, 7) is 1.86.